The molecule has 1 aliphatic rings. The number of fused-ring (bicyclic) bond motifs is 1. The van der Waals surface area contributed by atoms with Crippen LogP contribution >= 0.6 is 11.6 Å². The van der Waals surface area contributed by atoms with Crippen LogP contribution in [0, 0.1) is 12.7 Å². The summed E-state index contributed by atoms with van der Waals surface area (Å²) < 4.78 is 13.8. The molecule has 2 aromatic rings. The normalized spacial score (nSPS) is 13.5. The van der Waals surface area contributed by atoms with Crippen molar-refractivity contribution in [2.45, 2.75) is 13.5 Å². The SMILES string of the molecule is Cc1c2c(c(O)c(=O)n1N)C(=O)N(Cc1ccc(F)c(Cl)c1)C2=O. The predicted molar refractivity (Wildman–Crippen MR) is 82.9 cm³/mol. The summed E-state index contributed by atoms with van der Waals surface area (Å²) in [6, 6.07) is 3.77. The minimum absolute atomic E-state index is 0.0609. The molecule has 24 heavy (non-hydrogen) atoms. The molecule has 7 nitrogen and oxygen atoms in total. The molecule has 9 heteroatoms. The molecular weight excluding hydrogens is 341 g/mol. The Labute approximate surface area is 139 Å². The van der Waals surface area contributed by atoms with Gasteiger partial charge in [0.1, 0.15) is 11.4 Å². The van der Waals surface area contributed by atoms with Crippen LogP contribution in [0.1, 0.15) is 32.0 Å². The molecule has 1 aliphatic heterocycles. The lowest BCUT2D eigenvalue weighted by atomic mass is 10.1. The van der Waals surface area contributed by atoms with Crippen molar-refractivity contribution in [2.75, 3.05) is 5.84 Å². The van der Waals surface area contributed by atoms with Gasteiger partial charge in [0.2, 0.25) is 0 Å². The van der Waals surface area contributed by atoms with E-state index in [9.17, 15) is 23.9 Å². The fraction of sp³-hybridized carbons (Fsp3) is 0.133. The third kappa shape index (κ3) is 2.15. The van der Waals surface area contributed by atoms with Crippen molar-refractivity contribution in [2.24, 2.45) is 0 Å². The number of halogens is 2. The molecule has 0 fully saturated rings. The summed E-state index contributed by atoms with van der Waals surface area (Å²) >= 11 is 5.69. The number of carbonyl (C=O) groups excluding carboxylic acids is 2. The Hall–Kier alpha value is -2.87. The van der Waals surface area contributed by atoms with Gasteiger partial charge in [0, 0.05) is 0 Å². The lowest BCUT2D eigenvalue weighted by Crippen LogP contribution is -2.31. The van der Waals surface area contributed by atoms with E-state index in [-0.39, 0.29) is 28.4 Å². The molecule has 2 amide bonds. The number of aromatic nitrogens is 1. The van der Waals surface area contributed by atoms with Gasteiger partial charge in [0.05, 0.1) is 22.8 Å². The van der Waals surface area contributed by atoms with E-state index in [1.165, 1.54) is 19.1 Å². The second-order valence-electron chi connectivity index (χ2n) is 5.30. The van der Waals surface area contributed by atoms with Crippen LogP contribution in [0.3, 0.4) is 0 Å². The van der Waals surface area contributed by atoms with Crippen molar-refractivity contribution in [3.63, 3.8) is 0 Å². The predicted octanol–water partition coefficient (Wildman–Crippen LogP) is 1.16. The number of hydrogen-bond acceptors (Lipinski definition) is 5. The summed E-state index contributed by atoms with van der Waals surface area (Å²) in [7, 11) is 0. The second kappa shape index (κ2) is 5.34. The topological polar surface area (TPSA) is 106 Å². The van der Waals surface area contributed by atoms with Crippen molar-refractivity contribution in [1.82, 2.24) is 9.58 Å². The first-order valence-electron chi connectivity index (χ1n) is 6.77. The number of imide groups is 1. The highest BCUT2D eigenvalue weighted by molar-refractivity contribution is 6.30. The molecular formula is C15H11ClFN3O4. The zero-order chi connectivity index (χ0) is 17.8. The highest BCUT2D eigenvalue weighted by Gasteiger charge is 2.41. The first-order valence-corrected chi connectivity index (χ1v) is 7.15. The molecule has 0 unspecified atom stereocenters. The van der Waals surface area contributed by atoms with E-state index in [2.05, 4.69) is 0 Å². The molecule has 0 saturated heterocycles. The van der Waals surface area contributed by atoms with Gasteiger partial charge in [-0.3, -0.25) is 19.3 Å². The molecule has 1 aromatic heterocycles. The number of hydrogen-bond donors (Lipinski definition) is 2. The highest BCUT2D eigenvalue weighted by Crippen LogP contribution is 2.31. The van der Waals surface area contributed by atoms with E-state index in [0.717, 1.165) is 11.0 Å². The van der Waals surface area contributed by atoms with Crippen LogP contribution in [-0.2, 0) is 6.54 Å². The van der Waals surface area contributed by atoms with Crippen molar-refractivity contribution in [1.29, 1.82) is 0 Å². The molecule has 2 heterocycles. The Morgan fingerprint density at radius 1 is 1.21 bits per heavy atom. The molecule has 3 N–H and O–H groups in total. The van der Waals surface area contributed by atoms with Gasteiger partial charge in [-0.25, -0.2) is 9.07 Å². The van der Waals surface area contributed by atoms with Crippen LogP contribution in [0.4, 0.5) is 4.39 Å². The standard InChI is InChI=1S/C15H11ClFN3O4/c1-6-10-11(12(21)15(24)20(6)18)14(23)19(13(10)22)5-7-2-3-9(17)8(16)4-7/h2-4,21H,5,18H2,1H3. The maximum Gasteiger partial charge on any atom is 0.311 e. The van der Waals surface area contributed by atoms with Gasteiger partial charge in [-0.15, -0.1) is 0 Å². The maximum absolute atomic E-state index is 13.2. The number of carbonyl (C=O) groups is 2. The summed E-state index contributed by atoms with van der Waals surface area (Å²) in [6.45, 7) is 1.20. The van der Waals surface area contributed by atoms with Gasteiger partial charge >= 0.3 is 5.56 Å². The minimum atomic E-state index is -0.973. The van der Waals surface area contributed by atoms with E-state index in [0.29, 0.717) is 10.2 Å². The summed E-state index contributed by atoms with van der Waals surface area (Å²) in [5.74, 6) is 2.46. The van der Waals surface area contributed by atoms with Gasteiger partial charge < -0.3 is 10.9 Å². The number of benzene rings is 1. The molecule has 124 valence electrons. The number of nitrogens with zero attached hydrogens (tertiary/aromatic N) is 2. The van der Waals surface area contributed by atoms with Crippen molar-refractivity contribution in [3.8, 4) is 5.75 Å². The summed E-state index contributed by atoms with van der Waals surface area (Å²) in [4.78, 5) is 37.6. The molecule has 0 atom stereocenters. The van der Waals surface area contributed by atoms with Crippen LogP contribution < -0.4 is 11.4 Å². The maximum atomic E-state index is 13.2. The van der Waals surface area contributed by atoms with E-state index in [4.69, 9.17) is 17.4 Å². The lowest BCUT2D eigenvalue weighted by Gasteiger charge is -2.14. The van der Waals surface area contributed by atoms with Crippen LogP contribution in [0.15, 0.2) is 23.0 Å². The molecule has 0 saturated carbocycles. The fourth-order valence-electron chi connectivity index (χ4n) is 2.59. The zero-order valence-electron chi connectivity index (χ0n) is 12.3. The van der Waals surface area contributed by atoms with E-state index in [1.54, 1.807) is 0 Å². The summed E-state index contributed by atoms with van der Waals surface area (Å²) in [5, 5.41) is 9.74. The van der Waals surface area contributed by atoms with Crippen LogP contribution in [0.2, 0.25) is 5.02 Å². The fourth-order valence-corrected chi connectivity index (χ4v) is 2.79. The monoisotopic (exact) mass is 351 g/mol. The Kier molecular flexibility index (Phi) is 3.56. The molecule has 0 spiro atoms. The van der Waals surface area contributed by atoms with Crippen molar-refractivity contribution in [3.05, 3.63) is 61.8 Å². The van der Waals surface area contributed by atoms with Crippen LogP contribution in [0.25, 0.3) is 0 Å². The second-order valence-corrected chi connectivity index (χ2v) is 5.71. The number of rotatable bonds is 2. The number of aromatic hydroxyl groups is 1. The summed E-state index contributed by atoms with van der Waals surface area (Å²) in [5.41, 5.74) is -1.01. The van der Waals surface area contributed by atoms with Crippen LogP contribution in [-0.4, -0.2) is 26.5 Å². The van der Waals surface area contributed by atoms with Crippen molar-refractivity contribution >= 4 is 23.4 Å². The lowest BCUT2D eigenvalue weighted by molar-refractivity contribution is 0.0641. The Morgan fingerprint density at radius 3 is 2.46 bits per heavy atom. The summed E-state index contributed by atoms with van der Waals surface area (Å²) in [6.07, 6.45) is 0. The van der Waals surface area contributed by atoms with Gasteiger partial charge in [-0.05, 0) is 24.6 Å². The Morgan fingerprint density at radius 2 is 1.83 bits per heavy atom. The minimum Gasteiger partial charge on any atom is -0.502 e. The quantitative estimate of drug-likeness (QED) is 0.624. The first kappa shape index (κ1) is 16.0. The number of nitrogen functional groups attached to an aromatic ring is 1. The number of pyridine rings is 1. The van der Waals surface area contributed by atoms with Gasteiger partial charge in [0.15, 0.2) is 5.75 Å². The van der Waals surface area contributed by atoms with Gasteiger partial charge in [-0.1, -0.05) is 17.7 Å². The van der Waals surface area contributed by atoms with E-state index < -0.39 is 28.9 Å². The van der Waals surface area contributed by atoms with E-state index in [1.807, 2.05) is 0 Å². The largest absolute Gasteiger partial charge is 0.502 e. The highest BCUT2D eigenvalue weighted by atomic mass is 35.5. The number of amides is 2. The van der Waals surface area contributed by atoms with Crippen LogP contribution in [0.5, 0.6) is 5.75 Å². The molecule has 0 aliphatic carbocycles. The van der Waals surface area contributed by atoms with E-state index >= 15 is 0 Å². The Bertz CT molecular complexity index is 970. The third-order valence-electron chi connectivity index (χ3n) is 3.87. The van der Waals surface area contributed by atoms with Crippen molar-refractivity contribution < 1.29 is 19.1 Å². The number of nitrogens with two attached hydrogens (primary N) is 1. The smallest absolute Gasteiger partial charge is 0.311 e. The first-order chi connectivity index (χ1) is 11.2. The zero-order valence-corrected chi connectivity index (χ0v) is 13.1. The average molecular weight is 352 g/mol. The third-order valence-corrected chi connectivity index (χ3v) is 4.16. The molecule has 0 bridgehead atoms. The van der Waals surface area contributed by atoms with Gasteiger partial charge in [0.25, 0.3) is 11.8 Å². The molecule has 3 rings (SSSR count). The average Bonchev–Trinajstić information content (AvgIpc) is 2.79. The molecule has 1 aromatic carbocycles. The molecule has 0 radical (unpaired) electrons. The Balaban J connectivity index is 2.07. The van der Waals surface area contributed by atoms with Gasteiger partial charge in [-0.2, -0.15) is 0 Å².